The number of aliphatic carboxylic acids is 1. The molecule has 0 fully saturated rings. The molecule has 25 heavy (non-hydrogen) atoms. The summed E-state index contributed by atoms with van der Waals surface area (Å²) in [6, 6.07) is 6.16. The number of nitrogens with one attached hydrogen (secondary N) is 1. The van der Waals surface area contributed by atoms with E-state index in [1.54, 1.807) is 24.3 Å². The number of carboxylic acid groups (broad SMARTS) is 1. The Bertz CT molecular complexity index is 543. The van der Waals surface area contributed by atoms with Crippen molar-refractivity contribution in [2.75, 3.05) is 5.32 Å². The number of nitroso groups, excluding NO2 is 1. The van der Waals surface area contributed by atoms with E-state index in [0.717, 1.165) is 12.8 Å². The number of hydrogen-bond donors (Lipinski definition) is 2. The molecule has 0 spiro atoms. The van der Waals surface area contributed by atoms with Crippen LogP contribution in [0.15, 0.2) is 29.4 Å². The second kappa shape index (κ2) is 12.2. The van der Waals surface area contributed by atoms with E-state index in [1.807, 2.05) is 0 Å². The summed E-state index contributed by atoms with van der Waals surface area (Å²) in [6.45, 7) is 2.18. The van der Waals surface area contributed by atoms with Crippen molar-refractivity contribution in [2.45, 2.75) is 70.8 Å². The molecule has 0 saturated carbocycles. The lowest BCUT2D eigenvalue weighted by Gasteiger charge is -2.10. The number of nitrogens with zero attached hydrogens (tertiary/aromatic N) is 1. The Morgan fingerprint density at radius 2 is 1.68 bits per heavy atom. The first kappa shape index (κ1) is 20.8. The number of carbonyl (C=O) groups excluding carboxylic acids is 1. The van der Waals surface area contributed by atoms with Crippen molar-refractivity contribution >= 4 is 17.6 Å². The fourth-order valence-corrected chi connectivity index (χ4v) is 2.62. The maximum absolute atomic E-state index is 11.9. The molecule has 0 aliphatic rings. The Balaban J connectivity index is 2.38. The summed E-state index contributed by atoms with van der Waals surface area (Å²) in [4.78, 5) is 33.4. The average Bonchev–Trinajstić information content (AvgIpc) is 2.59. The fourth-order valence-electron chi connectivity index (χ4n) is 2.62. The number of carbonyl (C=O) groups is 2. The van der Waals surface area contributed by atoms with Gasteiger partial charge in [-0.1, -0.05) is 56.3 Å². The summed E-state index contributed by atoms with van der Waals surface area (Å²) >= 11 is 0. The molecular formula is C19H28N2O4. The van der Waals surface area contributed by atoms with Crippen LogP contribution in [0.4, 0.5) is 5.69 Å². The zero-order valence-corrected chi connectivity index (χ0v) is 14.9. The van der Waals surface area contributed by atoms with Crippen LogP contribution in [-0.4, -0.2) is 17.0 Å². The van der Waals surface area contributed by atoms with Crippen LogP contribution in [0.2, 0.25) is 0 Å². The van der Waals surface area contributed by atoms with E-state index < -0.39 is 12.0 Å². The van der Waals surface area contributed by atoms with Gasteiger partial charge in [-0.25, -0.2) is 0 Å². The third kappa shape index (κ3) is 8.98. The fraction of sp³-hybridized carbons (Fsp3) is 0.579. The van der Waals surface area contributed by atoms with E-state index in [0.29, 0.717) is 17.7 Å². The van der Waals surface area contributed by atoms with Crippen LogP contribution in [0.3, 0.4) is 0 Å². The number of anilines is 1. The molecule has 1 amide bonds. The molecule has 1 atom stereocenters. The highest BCUT2D eigenvalue weighted by atomic mass is 16.4. The van der Waals surface area contributed by atoms with Crippen molar-refractivity contribution < 1.29 is 14.7 Å². The quantitative estimate of drug-likeness (QED) is 0.385. The van der Waals surface area contributed by atoms with Gasteiger partial charge in [-0.3, -0.25) is 9.59 Å². The first-order valence-electron chi connectivity index (χ1n) is 9.01. The normalized spacial score (nSPS) is 11.7. The molecule has 1 aromatic carbocycles. The molecule has 2 N–H and O–H groups in total. The SMILES string of the molecule is CCCCCCCCC(=O)Nc1ccc(C(CCC(=O)O)N=O)cc1. The Morgan fingerprint density at radius 3 is 2.28 bits per heavy atom. The lowest BCUT2D eigenvalue weighted by Crippen LogP contribution is -2.11. The average molecular weight is 348 g/mol. The highest BCUT2D eigenvalue weighted by Crippen LogP contribution is 2.24. The van der Waals surface area contributed by atoms with Gasteiger partial charge in [-0.15, -0.1) is 0 Å². The maximum Gasteiger partial charge on any atom is 0.303 e. The summed E-state index contributed by atoms with van der Waals surface area (Å²) in [5, 5.41) is 14.5. The third-order valence-electron chi connectivity index (χ3n) is 4.10. The van der Waals surface area contributed by atoms with E-state index in [4.69, 9.17) is 5.11 Å². The molecule has 1 unspecified atom stereocenters. The van der Waals surface area contributed by atoms with E-state index in [-0.39, 0.29) is 18.7 Å². The molecule has 6 nitrogen and oxygen atoms in total. The predicted octanol–water partition coefficient (Wildman–Crippen LogP) is 5.05. The Hall–Kier alpha value is -2.24. The number of unbranched alkanes of at least 4 members (excludes halogenated alkanes) is 5. The Morgan fingerprint density at radius 1 is 1.04 bits per heavy atom. The van der Waals surface area contributed by atoms with Crippen LogP contribution in [0.1, 0.15) is 76.3 Å². The van der Waals surface area contributed by atoms with Crippen molar-refractivity contribution in [3.63, 3.8) is 0 Å². The second-order valence-electron chi connectivity index (χ2n) is 6.24. The molecule has 0 saturated heterocycles. The zero-order valence-electron chi connectivity index (χ0n) is 14.9. The van der Waals surface area contributed by atoms with Crippen LogP contribution >= 0.6 is 0 Å². The largest absolute Gasteiger partial charge is 0.481 e. The molecule has 0 bridgehead atoms. The van der Waals surface area contributed by atoms with Crippen LogP contribution in [0, 0.1) is 4.91 Å². The lowest BCUT2D eigenvalue weighted by molar-refractivity contribution is -0.137. The van der Waals surface area contributed by atoms with Gasteiger partial charge in [0.05, 0.1) is 0 Å². The molecular weight excluding hydrogens is 320 g/mol. The molecule has 0 aromatic heterocycles. The standard InChI is InChI=1S/C19H28N2O4/c1-2-3-4-5-6-7-8-18(22)20-16-11-9-15(10-12-16)17(21-25)13-14-19(23)24/h9-12,17H,2-8,13-14H2,1H3,(H,20,22)(H,23,24). The topological polar surface area (TPSA) is 95.8 Å². The van der Waals surface area contributed by atoms with Gasteiger partial charge < -0.3 is 10.4 Å². The summed E-state index contributed by atoms with van der Waals surface area (Å²) in [5.74, 6) is -0.966. The molecule has 0 aliphatic carbocycles. The Kier molecular flexibility index (Phi) is 10.1. The zero-order chi connectivity index (χ0) is 18.5. The number of amides is 1. The van der Waals surface area contributed by atoms with Crippen LogP contribution in [0.25, 0.3) is 0 Å². The second-order valence-corrected chi connectivity index (χ2v) is 6.24. The summed E-state index contributed by atoms with van der Waals surface area (Å²) in [5.41, 5.74) is 1.33. The summed E-state index contributed by atoms with van der Waals surface area (Å²) in [6.07, 6.45) is 7.40. The van der Waals surface area contributed by atoms with Crippen molar-refractivity contribution in [1.29, 1.82) is 0 Å². The highest BCUT2D eigenvalue weighted by Gasteiger charge is 2.14. The first-order valence-corrected chi connectivity index (χ1v) is 9.01. The molecule has 6 heteroatoms. The van der Waals surface area contributed by atoms with Gasteiger partial charge in [0, 0.05) is 18.5 Å². The van der Waals surface area contributed by atoms with E-state index in [1.165, 1.54) is 25.7 Å². The number of benzene rings is 1. The van der Waals surface area contributed by atoms with Crippen LogP contribution < -0.4 is 5.32 Å². The van der Waals surface area contributed by atoms with Crippen LogP contribution in [-0.2, 0) is 9.59 Å². The third-order valence-corrected chi connectivity index (χ3v) is 4.10. The predicted molar refractivity (Wildman–Crippen MR) is 98.5 cm³/mol. The van der Waals surface area contributed by atoms with Gasteiger partial charge in [-0.05, 0) is 30.5 Å². The minimum atomic E-state index is -0.952. The van der Waals surface area contributed by atoms with Crippen molar-refractivity contribution in [2.24, 2.45) is 5.18 Å². The van der Waals surface area contributed by atoms with Gasteiger partial charge in [0.15, 0.2) is 0 Å². The van der Waals surface area contributed by atoms with E-state index >= 15 is 0 Å². The van der Waals surface area contributed by atoms with Crippen LogP contribution in [0.5, 0.6) is 0 Å². The lowest BCUT2D eigenvalue weighted by atomic mass is 10.0. The number of rotatable bonds is 13. The minimum absolute atomic E-state index is 0.0146. The van der Waals surface area contributed by atoms with Gasteiger partial charge in [0.1, 0.15) is 6.04 Å². The van der Waals surface area contributed by atoms with Gasteiger partial charge >= 0.3 is 5.97 Å². The van der Waals surface area contributed by atoms with Gasteiger partial charge in [-0.2, -0.15) is 4.91 Å². The van der Waals surface area contributed by atoms with E-state index in [2.05, 4.69) is 17.4 Å². The summed E-state index contributed by atoms with van der Waals surface area (Å²) < 4.78 is 0. The molecule has 0 heterocycles. The van der Waals surface area contributed by atoms with Crippen molar-refractivity contribution in [1.82, 2.24) is 0 Å². The molecule has 1 rings (SSSR count). The monoisotopic (exact) mass is 348 g/mol. The van der Waals surface area contributed by atoms with Gasteiger partial charge in [0.25, 0.3) is 0 Å². The number of hydrogen-bond acceptors (Lipinski definition) is 4. The molecule has 0 aliphatic heterocycles. The Labute approximate surface area is 149 Å². The molecule has 138 valence electrons. The van der Waals surface area contributed by atoms with Crippen molar-refractivity contribution in [3.8, 4) is 0 Å². The van der Waals surface area contributed by atoms with Crippen molar-refractivity contribution in [3.05, 3.63) is 34.7 Å². The number of carboxylic acids is 1. The molecule has 1 aromatic rings. The minimum Gasteiger partial charge on any atom is -0.481 e. The smallest absolute Gasteiger partial charge is 0.303 e. The maximum atomic E-state index is 11.9. The first-order chi connectivity index (χ1) is 12.1. The highest BCUT2D eigenvalue weighted by molar-refractivity contribution is 5.90. The van der Waals surface area contributed by atoms with E-state index in [9.17, 15) is 14.5 Å². The molecule has 0 radical (unpaired) electrons. The summed E-state index contributed by atoms with van der Waals surface area (Å²) in [7, 11) is 0. The van der Waals surface area contributed by atoms with Gasteiger partial charge in [0.2, 0.25) is 5.91 Å².